The lowest BCUT2D eigenvalue weighted by molar-refractivity contribution is -0.138. The van der Waals surface area contributed by atoms with Gasteiger partial charge in [-0.25, -0.2) is 8.78 Å². The van der Waals surface area contributed by atoms with Gasteiger partial charge in [0.1, 0.15) is 23.9 Å². The maximum atomic E-state index is 13.9. The third kappa shape index (κ3) is 16.5. The van der Waals surface area contributed by atoms with Crippen LogP contribution in [0.1, 0.15) is 43.0 Å². The largest absolute Gasteiger partial charge is 0.481 e. The summed E-state index contributed by atoms with van der Waals surface area (Å²) in [4.78, 5) is 123. The van der Waals surface area contributed by atoms with Gasteiger partial charge in [0, 0.05) is 94.9 Å². The molecule has 2 aromatic rings. The normalized spacial score (nSPS) is 17.3. The smallest absolute Gasteiger partial charge is 0.303 e. The van der Waals surface area contributed by atoms with Gasteiger partial charge in [-0.05, 0) is 43.7 Å². The number of pyridine rings is 1. The quantitative estimate of drug-likeness (QED) is 0.0391. The first-order valence-corrected chi connectivity index (χ1v) is 23.2. The van der Waals surface area contributed by atoms with Crippen LogP contribution in [0.15, 0.2) is 30.5 Å². The summed E-state index contributed by atoms with van der Waals surface area (Å²) in [6.45, 7) is 1.65. The van der Waals surface area contributed by atoms with Crippen LogP contribution in [0.25, 0.3) is 10.9 Å². The molecule has 7 amide bonds. The van der Waals surface area contributed by atoms with Crippen LogP contribution in [0.3, 0.4) is 0 Å². The molecule has 69 heavy (non-hydrogen) atoms. The van der Waals surface area contributed by atoms with Crippen LogP contribution in [-0.4, -0.2) is 199 Å². The Morgan fingerprint density at radius 3 is 2.32 bits per heavy atom. The van der Waals surface area contributed by atoms with Crippen molar-refractivity contribution in [3.8, 4) is 6.07 Å². The van der Waals surface area contributed by atoms with Gasteiger partial charge < -0.3 is 56.5 Å². The highest BCUT2D eigenvalue weighted by molar-refractivity contribution is 7.80. The third-order valence-electron chi connectivity index (χ3n) is 11.5. The number of hydrogen-bond acceptors (Lipinski definition) is 16. The Labute approximate surface area is 407 Å². The molecule has 0 radical (unpaired) electrons. The molecule has 4 rings (SSSR count). The summed E-state index contributed by atoms with van der Waals surface area (Å²) in [6.07, 6.45) is 1.17. The van der Waals surface area contributed by atoms with E-state index in [1.165, 1.54) is 19.2 Å². The summed E-state index contributed by atoms with van der Waals surface area (Å²) in [6, 6.07) is 5.14. The minimum atomic E-state index is -3.18. The molecule has 0 spiro atoms. The number of rotatable bonds is 25. The predicted molar refractivity (Wildman–Crippen MR) is 253 cm³/mol. The lowest BCUT2D eigenvalue weighted by Crippen LogP contribution is -2.62. The van der Waals surface area contributed by atoms with Gasteiger partial charge in [0.05, 0.1) is 49.4 Å². The third-order valence-corrected chi connectivity index (χ3v) is 12.4. The molecule has 3 heterocycles. The number of aliphatic carboxylic acids is 1. The van der Waals surface area contributed by atoms with E-state index < -0.39 is 103 Å². The van der Waals surface area contributed by atoms with Crippen molar-refractivity contribution in [1.82, 2.24) is 51.6 Å². The van der Waals surface area contributed by atoms with Crippen LogP contribution in [0.5, 0.6) is 0 Å². The van der Waals surface area contributed by atoms with Crippen LogP contribution >= 0.6 is 25.3 Å². The molecular formula is C43H58F2N12O10S2. The highest BCUT2D eigenvalue weighted by Gasteiger charge is 2.47. The Morgan fingerprint density at radius 1 is 1.00 bits per heavy atom. The lowest BCUT2D eigenvalue weighted by Gasteiger charge is -2.35. The van der Waals surface area contributed by atoms with Crippen LogP contribution in [0.2, 0.25) is 0 Å². The molecule has 1 aromatic carbocycles. The fourth-order valence-electron chi connectivity index (χ4n) is 7.59. The Bertz CT molecular complexity index is 2270. The molecule has 4 atom stereocenters. The zero-order valence-electron chi connectivity index (χ0n) is 38.2. The average Bonchev–Trinajstić information content (AvgIpc) is 3.66. The topological polar surface area (TPSA) is 296 Å². The number of benzene rings is 1. The van der Waals surface area contributed by atoms with Gasteiger partial charge in [-0.3, -0.25) is 48.2 Å². The van der Waals surface area contributed by atoms with E-state index in [9.17, 15) is 62.3 Å². The second-order valence-corrected chi connectivity index (χ2v) is 17.4. The monoisotopic (exact) mass is 1000 g/mol. The second kappa shape index (κ2) is 26.0. The summed E-state index contributed by atoms with van der Waals surface area (Å²) in [5.74, 6) is -9.09. The molecule has 26 heteroatoms. The number of amides is 7. The average molecular weight is 1010 g/mol. The number of carbonyl (C=O) groups is 9. The van der Waals surface area contributed by atoms with E-state index >= 15 is 0 Å². The van der Waals surface area contributed by atoms with Crippen LogP contribution < -0.4 is 36.8 Å². The van der Waals surface area contributed by atoms with E-state index in [1.54, 1.807) is 23.1 Å². The SMILES string of the molecule is CC(=O)N[C@@H](CS)C(=O)NCC(=O)N[C@](C=O)(CS)CN[C@@H](CCC(=O)O)C(=O)NCC(=O)N1CCN(CCCN(C)c2ccc3nccc(C(=O)NCC(=O)N4CC(F)(F)C[C@H]4C#N)c3c2)CC1. The number of piperazine rings is 1. The molecule has 2 aliphatic heterocycles. The molecule has 2 aliphatic rings. The molecule has 0 saturated carbocycles. The zero-order valence-corrected chi connectivity index (χ0v) is 40.0. The number of nitrogens with one attached hydrogen (secondary N) is 6. The number of hydrogen-bond donors (Lipinski definition) is 9. The first-order valence-electron chi connectivity index (χ1n) is 22.0. The van der Waals surface area contributed by atoms with Crippen LogP contribution in [-0.2, 0) is 38.4 Å². The molecular weight excluding hydrogens is 947 g/mol. The molecule has 0 unspecified atom stereocenters. The maximum Gasteiger partial charge on any atom is 0.303 e. The number of thiol groups is 2. The van der Waals surface area contributed by atoms with Crippen molar-refractivity contribution >= 4 is 95.5 Å². The Balaban J connectivity index is 1.22. The van der Waals surface area contributed by atoms with E-state index in [0.717, 1.165) is 17.0 Å². The second-order valence-electron chi connectivity index (χ2n) is 16.7. The fourth-order valence-corrected chi connectivity index (χ4v) is 8.12. The number of nitrogens with zero attached hydrogens (tertiary/aromatic N) is 6. The maximum absolute atomic E-state index is 13.9. The number of anilines is 1. The first kappa shape index (κ1) is 55.4. The van der Waals surface area contributed by atoms with Gasteiger partial charge in [0.2, 0.25) is 35.4 Å². The van der Waals surface area contributed by atoms with Gasteiger partial charge in [-0.2, -0.15) is 30.5 Å². The highest BCUT2D eigenvalue weighted by atomic mass is 32.1. The molecule has 7 N–H and O–H groups in total. The predicted octanol–water partition coefficient (Wildman–Crippen LogP) is -1.83. The van der Waals surface area contributed by atoms with Crippen molar-refractivity contribution in [3.05, 3.63) is 36.0 Å². The van der Waals surface area contributed by atoms with Crippen molar-refractivity contribution in [3.63, 3.8) is 0 Å². The summed E-state index contributed by atoms with van der Waals surface area (Å²) in [5.41, 5.74) is -0.145. The van der Waals surface area contributed by atoms with Crippen molar-refractivity contribution in [2.45, 2.75) is 62.2 Å². The van der Waals surface area contributed by atoms with Gasteiger partial charge >= 0.3 is 5.97 Å². The number of likely N-dealkylation sites (tertiary alicyclic amines) is 1. The fraction of sp³-hybridized carbons (Fsp3) is 0.558. The summed E-state index contributed by atoms with van der Waals surface area (Å²) in [5, 5.41) is 34.1. The molecule has 376 valence electrons. The lowest BCUT2D eigenvalue weighted by atomic mass is 10.0. The minimum absolute atomic E-state index is 0.0431. The Kier molecular flexibility index (Phi) is 20.9. The van der Waals surface area contributed by atoms with Crippen molar-refractivity contribution in [2.24, 2.45) is 0 Å². The van der Waals surface area contributed by atoms with E-state index in [0.29, 0.717) is 56.5 Å². The van der Waals surface area contributed by atoms with Gasteiger partial charge in [0.15, 0.2) is 0 Å². The summed E-state index contributed by atoms with van der Waals surface area (Å²) >= 11 is 8.20. The molecule has 1 aromatic heterocycles. The summed E-state index contributed by atoms with van der Waals surface area (Å²) < 4.78 is 27.7. The number of carboxylic acid groups (broad SMARTS) is 1. The van der Waals surface area contributed by atoms with Crippen molar-refractivity contribution in [1.29, 1.82) is 5.26 Å². The zero-order chi connectivity index (χ0) is 50.9. The number of aldehydes is 1. The molecule has 2 saturated heterocycles. The number of aromatic nitrogens is 1. The van der Waals surface area contributed by atoms with Crippen LogP contribution in [0, 0.1) is 11.3 Å². The molecule has 2 fully saturated rings. The van der Waals surface area contributed by atoms with E-state index in [2.05, 4.69) is 67.0 Å². The first-order chi connectivity index (χ1) is 32.7. The summed E-state index contributed by atoms with van der Waals surface area (Å²) in [7, 11) is 1.89. The van der Waals surface area contributed by atoms with Gasteiger partial charge in [-0.1, -0.05) is 0 Å². The van der Waals surface area contributed by atoms with Crippen LogP contribution in [0.4, 0.5) is 14.5 Å². The minimum Gasteiger partial charge on any atom is -0.481 e. The molecule has 22 nitrogen and oxygen atoms in total. The number of alkyl halides is 2. The van der Waals surface area contributed by atoms with E-state index in [1.807, 2.05) is 18.0 Å². The standard InChI is InChI=1S/C43H58F2N12O10S2/c1-27(59)52-34(22-68)41(67)48-19-35(60)53-42(25-58,26-69)23-51-33(6-7-38(63)64)40(66)50-20-36(61)56-14-12-55(13-15-56)11-3-10-54(2)28-4-5-32-31(16-28)30(8-9-47-32)39(65)49-21-37(62)57-24-43(44,45)17-29(57)18-46/h4-5,8-9,16,25,29,33-34,51,68-69H,3,6-7,10-15,17,19-24,26H2,1-2H3,(H,48,67)(H,49,65)(H,50,66)(H,52,59)(H,53,60)(H,63,64)/t29-,33-,34-,42+/m0/s1. The van der Waals surface area contributed by atoms with Crippen molar-refractivity contribution in [2.75, 3.05) is 95.4 Å². The highest BCUT2D eigenvalue weighted by Crippen LogP contribution is 2.31. The molecule has 0 aliphatic carbocycles. The Hall–Kier alpha value is -6.17. The number of halogens is 2. The number of carbonyl (C=O) groups excluding carboxylic acids is 8. The van der Waals surface area contributed by atoms with E-state index in [4.69, 9.17) is 0 Å². The van der Waals surface area contributed by atoms with Gasteiger partial charge in [-0.15, -0.1) is 0 Å². The number of fused-ring (bicyclic) bond motifs is 1. The number of nitriles is 1. The number of carboxylic acids is 1. The van der Waals surface area contributed by atoms with Gasteiger partial charge in [0.25, 0.3) is 11.8 Å². The van der Waals surface area contributed by atoms with E-state index in [-0.39, 0.29) is 42.5 Å². The van der Waals surface area contributed by atoms with Crippen molar-refractivity contribution < 1.29 is 57.0 Å². The Morgan fingerprint density at radius 2 is 1.68 bits per heavy atom. The molecule has 0 bridgehead atoms.